The lowest BCUT2D eigenvalue weighted by Crippen LogP contribution is -2.52. The van der Waals surface area contributed by atoms with Gasteiger partial charge < -0.3 is 5.32 Å². The molecule has 2 nitrogen and oxygen atoms in total. The predicted octanol–water partition coefficient (Wildman–Crippen LogP) is 1.47. The molecular weight excluding hydrogens is 148 g/mol. The number of hydrogen-bond acceptors (Lipinski definition) is 2. The Balaban J connectivity index is 0.000000336. The first-order valence-corrected chi connectivity index (χ1v) is 5.33. The first kappa shape index (κ1) is 10.0. The third-order valence-corrected chi connectivity index (χ3v) is 2.89. The van der Waals surface area contributed by atoms with Crippen LogP contribution in [0.15, 0.2) is 0 Å². The number of nitrogens with one attached hydrogen (secondary N) is 1. The van der Waals surface area contributed by atoms with Gasteiger partial charge in [0, 0.05) is 25.2 Å². The van der Waals surface area contributed by atoms with Gasteiger partial charge in [-0.25, -0.2) is 0 Å². The van der Waals surface area contributed by atoms with E-state index in [1.807, 2.05) is 13.8 Å². The Labute approximate surface area is 76.3 Å². The van der Waals surface area contributed by atoms with Gasteiger partial charge in [0.15, 0.2) is 0 Å². The highest BCUT2D eigenvalue weighted by molar-refractivity contribution is 5.07. The summed E-state index contributed by atoms with van der Waals surface area (Å²) in [5.41, 5.74) is 0.618. The largest absolute Gasteiger partial charge is 0.314 e. The Bertz CT molecular complexity index is 130. The van der Waals surface area contributed by atoms with Crippen molar-refractivity contribution in [2.75, 3.05) is 26.2 Å². The summed E-state index contributed by atoms with van der Waals surface area (Å²) in [5.74, 6) is 0. The minimum Gasteiger partial charge on any atom is -0.314 e. The molecule has 2 aliphatic rings. The normalized spacial score (nSPS) is 26.2. The zero-order chi connectivity index (χ0) is 9.03. The van der Waals surface area contributed by atoms with E-state index in [2.05, 4.69) is 17.1 Å². The third-order valence-electron chi connectivity index (χ3n) is 2.89. The van der Waals surface area contributed by atoms with Crippen molar-refractivity contribution < 1.29 is 0 Å². The molecule has 0 bridgehead atoms. The highest BCUT2D eigenvalue weighted by Crippen LogP contribution is 2.41. The molecule has 0 unspecified atom stereocenters. The average molecular weight is 170 g/mol. The maximum absolute atomic E-state index is 3.46. The molecule has 0 radical (unpaired) electrons. The molecule has 1 saturated heterocycles. The first-order chi connectivity index (χ1) is 5.87. The van der Waals surface area contributed by atoms with E-state index >= 15 is 0 Å². The van der Waals surface area contributed by atoms with E-state index in [1.54, 1.807) is 0 Å². The Morgan fingerprint density at radius 2 is 2.00 bits per heavy atom. The predicted molar refractivity (Wildman–Crippen MR) is 53.4 cm³/mol. The molecule has 1 aliphatic carbocycles. The van der Waals surface area contributed by atoms with Gasteiger partial charge in [-0.05, 0) is 19.4 Å². The van der Waals surface area contributed by atoms with E-state index in [0.29, 0.717) is 5.54 Å². The van der Waals surface area contributed by atoms with Crippen LogP contribution in [0.25, 0.3) is 0 Å². The van der Waals surface area contributed by atoms with Crippen molar-refractivity contribution in [3.05, 3.63) is 0 Å². The first-order valence-electron chi connectivity index (χ1n) is 5.33. The van der Waals surface area contributed by atoms with Crippen LogP contribution in [0.2, 0.25) is 0 Å². The Kier molecular flexibility index (Phi) is 3.53. The molecule has 1 spiro atoms. The molecule has 72 valence electrons. The van der Waals surface area contributed by atoms with Crippen LogP contribution in [0.4, 0.5) is 0 Å². The lowest BCUT2D eigenvalue weighted by Gasteiger charge is -2.35. The zero-order valence-electron chi connectivity index (χ0n) is 8.69. The quantitative estimate of drug-likeness (QED) is 0.641. The SMILES string of the molecule is CC.CCN1CCNCC12CC2. The maximum Gasteiger partial charge on any atom is 0.0335 e. The molecule has 1 aliphatic heterocycles. The fourth-order valence-electron chi connectivity index (χ4n) is 2.01. The van der Waals surface area contributed by atoms with Gasteiger partial charge in [0.25, 0.3) is 0 Å². The van der Waals surface area contributed by atoms with Crippen LogP contribution in [0.5, 0.6) is 0 Å². The summed E-state index contributed by atoms with van der Waals surface area (Å²) in [6.45, 7) is 11.2. The van der Waals surface area contributed by atoms with Gasteiger partial charge in [-0.15, -0.1) is 0 Å². The summed E-state index contributed by atoms with van der Waals surface area (Å²) in [6.07, 6.45) is 2.85. The van der Waals surface area contributed by atoms with E-state index in [0.717, 1.165) is 0 Å². The molecule has 2 rings (SSSR count). The second kappa shape index (κ2) is 4.24. The van der Waals surface area contributed by atoms with E-state index in [-0.39, 0.29) is 0 Å². The second-order valence-corrected chi connectivity index (χ2v) is 3.48. The molecular formula is C10H22N2. The minimum atomic E-state index is 0.618. The van der Waals surface area contributed by atoms with Gasteiger partial charge in [0.05, 0.1) is 0 Å². The van der Waals surface area contributed by atoms with Crippen molar-refractivity contribution in [3.63, 3.8) is 0 Å². The molecule has 0 amide bonds. The standard InChI is InChI=1S/C8H16N2.C2H6/c1-2-10-6-5-9-7-8(10)3-4-8;1-2/h9H,2-7H2,1H3;1-2H3. The summed E-state index contributed by atoms with van der Waals surface area (Å²) in [5, 5.41) is 3.46. The summed E-state index contributed by atoms with van der Waals surface area (Å²) in [7, 11) is 0. The monoisotopic (exact) mass is 170 g/mol. The van der Waals surface area contributed by atoms with Gasteiger partial charge >= 0.3 is 0 Å². The lowest BCUT2D eigenvalue weighted by atomic mass is 10.1. The summed E-state index contributed by atoms with van der Waals surface area (Å²) >= 11 is 0. The van der Waals surface area contributed by atoms with Crippen molar-refractivity contribution in [1.29, 1.82) is 0 Å². The van der Waals surface area contributed by atoms with Crippen LogP contribution < -0.4 is 5.32 Å². The van der Waals surface area contributed by atoms with Crippen molar-refractivity contribution >= 4 is 0 Å². The fraction of sp³-hybridized carbons (Fsp3) is 1.00. The highest BCUT2D eigenvalue weighted by Gasteiger charge is 2.48. The topological polar surface area (TPSA) is 15.3 Å². The third kappa shape index (κ3) is 1.80. The molecule has 0 atom stereocenters. The Morgan fingerprint density at radius 3 is 2.42 bits per heavy atom. The van der Waals surface area contributed by atoms with E-state index < -0.39 is 0 Å². The Hall–Kier alpha value is -0.0800. The van der Waals surface area contributed by atoms with Crippen LogP contribution in [0.1, 0.15) is 33.6 Å². The van der Waals surface area contributed by atoms with Crippen molar-refractivity contribution in [3.8, 4) is 0 Å². The number of hydrogen-bond donors (Lipinski definition) is 1. The molecule has 0 aromatic heterocycles. The Morgan fingerprint density at radius 1 is 1.33 bits per heavy atom. The second-order valence-electron chi connectivity index (χ2n) is 3.48. The van der Waals surface area contributed by atoms with Gasteiger partial charge in [-0.2, -0.15) is 0 Å². The van der Waals surface area contributed by atoms with Gasteiger partial charge in [0.2, 0.25) is 0 Å². The number of likely N-dealkylation sites (N-methyl/N-ethyl adjacent to an activating group) is 1. The molecule has 1 N–H and O–H groups in total. The van der Waals surface area contributed by atoms with Crippen LogP contribution in [0, 0.1) is 0 Å². The van der Waals surface area contributed by atoms with Crippen LogP contribution in [-0.2, 0) is 0 Å². The molecule has 0 aromatic carbocycles. The number of nitrogens with zero attached hydrogens (tertiary/aromatic N) is 1. The molecule has 2 fully saturated rings. The summed E-state index contributed by atoms with van der Waals surface area (Å²) in [4.78, 5) is 2.63. The summed E-state index contributed by atoms with van der Waals surface area (Å²) in [6, 6.07) is 0. The molecule has 1 saturated carbocycles. The molecule has 2 heteroatoms. The van der Waals surface area contributed by atoms with Gasteiger partial charge in [-0.3, -0.25) is 4.90 Å². The van der Waals surface area contributed by atoms with Crippen molar-refractivity contribution in [2.45, 2.75) is 39.2 Å². The minimum absolute atomic E-state index is 0.618. The number of piperazine rings is 1. The lowest BCUT2D eigenvalue weighted by molar-refractivity contribution is 0.151. The zero-order valence-corrected chi connectivity index (χ0v) is 8.69. The molecule has 12 heavy (non-hydrogen) atoms. The van der Waals surface area contributed by atoms with Crippen molar-refractivity contribution in [1.82, 2.24) is 10.2 Å². The molecule has 0 aromatic rings. The maximum atomic E-state index is 3.46. The van der Waals surface area contributed by atoms with E-state index in [4.69, 9.17) is 0 Å². The molecule has 1 heterocycles. The summed E-state index contributed by atoms with van der Waals surface area (Å²) < 4.78 is 0. The highest BCUT2D eigenvalue weighted by atomic mass is 15.3. The van der Waals surface area contributed by atoms with Crippen LogP contribution in [0.3, 0.4) is 0 Å². The van der Waals surface area contributed by atoms with E-state index in [1.165, 1.54) is 39.0 Å². The van der Waals surface area contributed by atoms with Crippen molar-refractivity contribution in [2.24, 2.45) is 0 Å². The van der Waals surface area contributed by atoms with Crippen LogP contribution in [-0.4, -0.2) is 36.6 Å². The van der Waals surface area contributed by atoms with E-state index in [9.17, 15) is 0 Å². The average Bonchev–Trinajstić information content (AvgIpc) is 2.90. The van der Waals surface area contributed by atoms with Gasteiger partial charge in [-0.1, -0.05) is 20.8 Å². The van der Waals surface area contributed by atoms with Gasteiger partial charge in [0.1, 0.15) is 0 Å². The smallest absolute Gasteiger partial charge is 0.0335 e. The number of rotatable bonds is 1. The van der Waals surface area contributed by atoms with Crippen LogP contribution >= 0.6 is 0 Å². The fourth-order valence-corrected chi connectivity index (χ4v) is 2.01.